The molecule has 15 heteroatoms. The third-order valence-corrected chi connectivity index (χ3v) is 11.3. The number of pyridine rings is 1. The lowest BCUT2D eigenvalue weighted by atomic mass is 9.69. The van der Waals surface area contributed by atoms with Crippen LogP contribution in [0.5, 0.6) is 5.88 Å². The third kappa shape index (κ3) is 7.98. The van der Waals surface area contributed by atoms with Crippen molar-refractivity contribution in [3.05, 3.63) is 54.4 Å². The van der Waals surface area contributed by atoms with Crippen LogP contribution in [0.15, 0.2) is 43.1 Å². The number of nitrogens with zero attached hydrogens (tertiary/aromatic N) is 8. The first kappa shape index (κ1) is 35.0. The topological polar surface area (TPSA) is 127 Å². The van der Waals surface area contributed by atoms with E-state index in [0.29, 0.717) is 31.6 Å². The molecule has 0 amide bonds. The van der Waals surface area contributed by atoms with Gasteiger partial charge < -0.3 is 19.1 Å². The van der Waals surface area contributed by atoms with E-state index in [4.69, 9.17) is 14.6 Å². The summed E-state index contributed by atoms with van der Waals surface area (Å²) in [6, 6.07) is 8.15. The summed E-state index contributed by atoms with van der Waals surface area (Å²) in [5.41, 5.74) is 1.31. The number of ether oxygens (including phenoxy) is 2. The van der Waals surface area contributed by atoms with Crippen molar-refractivity contribution in [1.29, 1.82) is 5.26 Å². The molecule has 2 fully saturated rings. The Labute approximate surface area is 284 Å². The van der Waals surface area contributed by atoms with Gasteiger partial charge in [-0.05, 0) is 55.8 Å². The molecule has 1 saturated carbocycles. The smallest absolute Gasteiger partial charge is 0.433 e. The normalized spacial score (nSPS) is 20.7. The lowest BCUT2D eigenvalue weighted by molar-refractivity contribution is -0.141. The standard InChI is InChI=1S/C34H43F3N8O3Si/c1-49(2,3)15-14-47-23-44-12-6-28-31(39-22-40-32(28)44)25-20-41-45(21-25)33(8-9-38)18-26(19-33)43-10-4-27(5-11-43)48-30-17-24(7-13-46)16-29(42-30)34(35,36)37/h6,12,16-17,20-22,26-27,46H,4-5,7-8,10-11,13-15,18-19,23H2,1-3H3/t26-,33+. The van der Waals surface area contributed by atoms with E-state index in [1.807, 2.05) is 27.7 Å². The van der Waals surface area contributed by atoms with E-state index in [0.717, 1.165) is 66.9 Å². The maximum absolute atomic E-state index is 13.4. The van der Waals surface area contributed by atoms with Crippen LogP contribution < -0.4 is 4.74 Å². The third-order valence-electron chi connectivity index (χ3n) is 9.60. The number of alkyl halides is 3. The average molecular weight is 697 g/mol. The summed E-state index contributed by atoms with van der Waals surface area (Å²) in [6.45, 7) is 9.32. The Morgan fingerprint density at radius 3 is 2.61 bits per heavy atom. The van der Waals surface area contributed by atoms with Crippen molar-refractivity contribution in [1.82, 2.24) is 34.2 Å². The molecule has 1 saturated heterocycles. The molecule has 49 heavy (non-hydrogen) atoms. The minimum atomic E-state index is -4.60. The molecule has 5 heterocycles. The monoisotopic (exact) mass is 696 g/mol. The maximum Gasteiger partial charge on any atom is 0.433 e. The van der Waals surface area contributed by atoms with E-state index in [1.165, 1.54) is 6.07 Å². The van der Waals surface area contributed by atoms with Crippen molar-refractivity contribution in [2.45, 2.75) is 94.8 Å². The van der Waals surface area contributed by atoms with E-state index in [1.54, 1.807) is 12.5 Å². The fourth-order valence-corrected chi connectivity index (χ4v) is 7.54. The fraction of sp³-hybridized carbons (Fsp3) is 0.559. The molecule has 0 bridgehead atoms. The Morgan fingerprint density at radius 1 is 1.14 bits per heavy atom. The van der Waals surface area contributed by atoms with Crippen LogP contribution in [0.4, 0.5) is 13.2 Å². The highest BCUT2D eigenvalue weighted by Gasteiger charge is 2.49. The Hall–Kier alpha value is -3.84. The van der Waals surface area contributed by atoms with Gasteiger partial charge in [0.25, 0.3) is 0 Å². The van der Waals surface area contributed by atoms with Crippen molar-refractivity contribution in [2.75, 3.05) is 26.3 Å². The number of nitriles is 1. The van der Waals surface area contributed by atoms with Gasteiger partial charge in [0.05, 0.1) is 29.9 Å². The number of piperidine rings is 1. The van der Waals surface area contributed by atoms with Crippen LogP contribution in [0.1, 0.15) is 43.4 Å². The Morgan fingerprint density at radius 2 is 1.92 bits per heavy atom. The van der Waals surface area contributed by atoms with Gasteiger partial charge in [-0.1, -0.05) is 19.6 Å². The van der Waals surface area contributed by atoms with Crippen molar-refractivity contribution in [3.63, 3.8) is 0 Å². The van der Waals surface area contributed by atoms with Gasteiger partial charge in [0.15, 0.2) is 0 Å². The summed E-state index contributed by atoms with van der Waals surface area (Å²) < 4.78 is 56.0. The molecular formula is C34H43F3N8O3Si. The summed E-state index contributed by atoms with van der Waals surface area (Å²) in [5, 5.41) is 24.6. The number of aliphatic hydroxyl groups is 1. The van der Waals surface area contributed by atoms with E-state index < -0.39 is 25.5 Å². The highest BCUT2D eigenvalue weighted by molar-refractivity contribution is 6.76. The molecule has 2 aliphatic rings. The van der Waals surface area contributed by atoms with Crippen molar-refractivity contribution in [2.24, 2.45) is 0 Å². The lowest BCUT2D eigenvalue weighted by Gasteiger charge is -2.52. The maximum atomic E-state index is 13.4. The molecule has 0 unspecified atom stereocenters. The summed E-state index contributed by atoms with van der Waals surface area (Å²) in [7, 11) is -1.18. The SMILES string of the molecule is C[Si](C)(C)CCOCn1ccc2c(-c3cnn([C@]4(CC#N)C[C@H](N5CCC(Oc6cc(CCO)cc(C(F)(F)F)n6)CC5)C4)c3)ncnc21. The number of aliphatic hydroxyl groups excluding tert-OH is 1. The highest BCUT2D eigenvalue weighted by Crippen LogP contribution is 2.46. The zero-order valence-electron chi connectivity index (χ0n) is 28.2. The van der Waals surface area contributed by atoms with Gasteiger partial charge in [0, 0.05) is 69.8 Å². The van der Waals surface area contributed by atoms with Gasteiger partial charge in [-0.2, -0.15) is 23.5 Å². The van der Waals surface area contributed by atoms with E-state index in [9.17, 15) is 23.5 Å². The molecule has 0 aromatic carbocycles. The van der Waals surface area contributed by atoms with Gasteiger partial charge in [-0.15, -0.1) is 0 Å². The van der Waals surface area contributed by atoms with E-state index in [-0.39, 0.29) is 31.1 Å². The Bertz CT molecular complexity index is 1780. The molecule has 0 atom stereocenters. The summed E-state index contributed by atoms with van der Waals surface area (Å²) in [5.74, 6) is -0.0637. The molecule has 1 aliphatic carbocycles. The van der Waals surface area contributed by atoms with Crippen LogP contribution in [0.3, 0.4) is 0 Å². The number of hydrogen-bond donors (Lipinski definition) is 1. The number of fused-ring (bicyclic) bond motifs is 1. The number of hydrogen-bond acceptors (Lipinski definition) is 9. The van der Waals surface area contributed by atoms with Crippen LogP contribution in [0.2, 0.25) is 25.7 Å². The molecule has 4 aromatic heterocycles. The molecular weight excluding hydrogens is 654 g/mol. The average Bonchev–Trinajstić information content (AvgIpc) is 3.69. The molecule has 11 nitrogen and oxygen atoms in total. The van der Waals surface area contributed by atoms with Crippen LogP contribution >= 0.6 is 0 Å². The zero-order valence-corrected chi connectivity index (χ0v) is 29.2. The van der Waals surface area contributed by atoms with Gasteiger partial charge in [-0.25, -0.2) is 15.0 Å². The van der Waals surface area contributed by atoms with Crippen molar-refractivity contribution in [3.8, 4) is 23.2 Å². The van der Waals surface area contributed by atoms with Gasteiger partial charge in [-0.3, -0.25) is 9.58 Å². The van der Waals surface area contributed by atoms with Crippen LogP contribution in [0.25, 0.3) is 22.3 Å². The molecule has 262 valence electrons. The first-order chi connectivity index (χ1) is 23.4. The molecule has 4 aromatic rings. The molecule has 0 spiro atoms. The quantitative estimate of drug-likeness (QED) is 0.135. The Kier molecular flexibility index (Phi) is 10.1. The summed E-state index contributed by atoms with van der Waals surface area (Å²) in [6.07, 6.45) is 5.67. The first-order valence-corrected chi connectivity index (χ1v) is 20.5. The predicted octanol–water partition coefficient (Wildman–Crippen LogP) is 5.87. The molecule has 1 aliphatic heterocycles. The largest absolute Gasteiger partial charge is 0.474 e. The number of aromatic nitrogens is 6. The molecule has 6 rings (SSSR count). The second-order valence-electron chi connectivity index (χ2n) is 14.4. The first-order valence-electron chi connectivity index (χ1n) is 16.8. The predicted molar refractivity (Wildman–Crippen MR) is 179 cm³/mol. The number of rotatable bonds is 13. The second kappa shape index (κ2) is 14.2. The van der Waals surface area contributed by atoms with E-state index in [2.05, 4.69) is 45.6 Å². The minimum Gasteiger partial charge on any atom is -0.474 e. The Balaban J connectivity index is 1.08. The fourth-order valence-electron chi connectivity index (χ4n) is 6.79. The molecule has 0 radical (unpaired) electrons. The summed E-state index contributed by atoms with van der Waals surface area (Å²) >= 11 is 0. The van der Waals surface area contributed by atoms with E-state index >= 15 is 0 Å². The lowest BCUT2D eigenvalue weighted by Crippen LogP contribution is -2.58. The zero-order chi connectivity index (χ0) is 34.8. The van der Waals surface area contributed by atoms with Gasteiger partial charge in [0.1, 0.15) is 30.5 Å². The van der Waals surface area contributed by atoms with Gasteiger partial charge in [0.2, 0.25) is 5.88 Å². The van der Waals surface area contributed by atoms with Gasteiger partial charge >= 0.3 is 6.18 Å². The van der Waals surface area contributed by atoms with Crippen molar-refractivity contribution < 1.29 is 27.8 Å². The van der Waals surface area contributed by atoms with Crippen LogP contribution in [-0.2, 0) is 29.6 Å². The highest BCUT2D eigenvalue weighted by atomic mass is 28.3. The number of halogens is 3. The van der Waals surface area contributed by atoms with Crippen LogP contribution in [-0.4, -0.2) is 85.8 Å². The summed E-state index contributed by atoms with van der Waals surface area (Å²) in [4.78, 5) is 15.2. The van der Waals surface area contributed by atoms with Crippen LogP contribution in [0, 0.1) is 11.3 Å². The second-order valence-corrected chi connectivity index (χ2v) is 20.0. The number of likely N-dealkylation sites (tertiary alicyclic amines) is 1. The molecule has 1 N–H and O–H groups in total. The minimum absolute atomic E-state index is 0.0637. The van der Waals surface area contributed by atoms with Crippen molar-refractivity contribution >= 4 is 19.1 Å².